The standard InChI is InChI=1S/C18H27N3O2/c1-5-15-9-7-13(4)21(15)18(23)19-14-8-10-16(12(3)11-14)20-17(22)6-2/h8,10-11,13,15H,5-7,9H2,1-4H3,(H,19,23)(H,20,22)/t13-,15-/m1/s1. The minimum atomic E-state index is -0.0356. The van der Waals surface area contributed by atoms with Gasteiger partial charge in [-0.25, -0.2) is 4.79 Å². The van der Waals surface area contributed by atoms with Crippen LogP contribution in [-0.2, 0) is 4.79 Å². The van der Waals surface area contributed by atoms with Gasteiger partial charge < -0.3 is 15.5 Å². The molecule has 5 nitrogen and oxygen atoms in total. The minimum absolute atomic E-state index is 0.0124. The van der Waals surface area contributed by atoms with Crippen molar-refractivity contribution >= 4 is 23.3 Å². The van der Waals surface area contributed by atoms with Gasteiger partial charge in [-0.05, 0) is 56.9 Å². The molecule has 0 aromatic heterocycles. The number of rotatable bonds is 4. The van der Waals surface area contributed by atoms with Gasteiger partial charge in [0.1, 0.15) is 0 Å². The van der Waals surface area contributed by atoms with Gasteiger partial charge in [0.05, 0.1) is 0 Å². The zero-order valence-electron chi connectivity index (χ0n) is 14.5. The summed E-state index contributed by atoms with van der Waals surface area (Å²) in [5.41, 5.74) is 2.48. The molecule has 0 unspecified atom stereocenters. The van der Waals surface area contributed by atoms with E-state index in [-0.39, 0.29) is 18.0 Å². The lowest BCUT2D eigenvalue weighted by Crippen LogP contribution is -2.42. The van der Waals surface area contributed by atoms with Gasteiger partial charge in [0.25, 0.3) is 0 Å². The predicted octanol–water partition coefficient (Wildman–Crippen LogP) is 4.14. The first-order chi connectivity index (χ1) is 11.0. The first-order valence-electron chi connectivity index (χ1n) is 8.46. The minimum Gasteiger partial charge on any atom is -0.326 e. The van der Waals surface area contributed by atoms with Gasteiger partial charge in [-0.3, -0.25) is 4.79 Å². The average molecular weight is 317 g/mol. The van der Waals surface area contributed by atoms with Gasteiger partial charge in [-0.1, -0.05) is 13.8 Å². The maximum atomic E-state index is 12.6. The molecule has 2 N–H and O–H groups in total. The number of urea groups is 1. The molecule has 23 heavy (non-hydrogen) atoms. The van der Waals surface area contributed by atoms with Crippen LogP contribution in [0.25, 0.3) is 0 Å². The summed E-state index contributed by atoms with van der Waals surface area (Å²) in [7, 11) is 0. The second-order valence-electron chi connectivity index (χ2n) is 6.26. The van der Waals surface area contributed by atoms with Crippen molar-refractivity contribution in [3.05, 3.63) is 23.8 Å². The number of nitrogens with zero attached hydrogens (tertiary/aromatic N) is 1. The van der Waals surface area contributed by atoms with Crippen molar-refractivity contribution in [1.82, 2.24) is 4.90 Å². The Balaban J connectivity index is 2.06. The van der Waals surface area contributed by atoms with E-state index in [1.54, 1.807) is 0 Å². The second kappa shape index (κ2) is 7.49. The van der Waals surface area contributed by atoms with Crippen LogP contribution in [0.5, 0.6) is 0 Å². The molecule has 2 atom stereocenters. The van der Waals surface area contributed by atoms with Gasteiger partial charge in [0, 0.05) is 29.9 Å². The monoisotopic (exact) mass is 317 g/mol. The van der Waals surface area contributed by atoms with Crippen LogP contribution in [0.1, 0.15) is 52.0 Å². The van der Waals surface area contributed by atoms with E-state index < -0.39 is 0 Å². The first-order valence-corrected chi connectivity index (χ1v) is 8.46. The van der Waals surface area contributed by atoms with Crippen molar-refractivity contribution in [3.8, 4) is 0 Å². The van der Waals surface area contributed by atoms with E-state index in [1.807, 2.05) is 36.9 Å². The Morgan fingerprint density at radius 1 is 1.22 bits per heavy atom. The molecule has 0 spiro atoms. The molecule has 1 aliphatic rings. The van der Waals surface area contributed by atoms with Gasteiger partial charge in [-0.15, -0.1) is 0 Å². The van der Waals surface area contributed by atoms with Crippen LogP contribution in [0.4, 0.5) is 16.2 Å². The first kappa shape index (κ1) is 17.3. The van der Waals surface area contributed by atoms with E-state index >= 15 is 0 Å². The normalized spacial score (nSPS) is 20.4. The lowest BCUT2D eigenvalue weighted by atomic mass is 10.1. The molecule has 1 saturated heterocycles. The molecule has 0 aliphatic carbocycles. The summed E-state index contributed by atoms with van der Waals surface area (Å²) in [5.74, 6) is -0.0124. The quantitative estimate of drug-likeness (QED) is 0.876. The number of carbonyl (C=O) groups excluding carboxylic acids is 2. The summed E-state index contributed by atoms with van der Waals surface area (Å²) in [4.78, 5) is 26.0. The largest absolute Gasteiger partial charge is 0.326 e. The zero-order chi connectivity index (χ0) is 17.0. The molecule has 3 amide bonds. The van der Waals surface area contributed by atoms with Crippen LogP contribution >= 0.6 is 0 Å². The average Bonchev–Trinajstić information content (AvgIpc) is 2.90. The topological polar surface area (TPSA) is 61.4 Å². The van der Waals surface area contributed by atoms with Crippen LogP contribution in [0, 0.1) is 6.92 Å². The molecule has 1 heterocycles. The molecular weight excluding hydrogens is 290 g/mol. The third-order valence-corrected chi connectivity index (χ3v) is 4.56. The van der Waals surface area contributed by atoms with Crippen molar-refractivity contribution in [1.29, 1.82) is 0 Å². The third kappa shape index (κ3) is 4.03. The number of hydrogen-bond acceptors (Lipinski definition) is 2. The lowest BCUT2D eigenvalue weighted by molar-refractivity contribution is -0.115. The number of likely N-dealkylation sites (tertiary alicyclic amines) is 1. The van der Waals surface area contributed by atoms with Crippen molar-refractivity contribution in [3.63, 3.8) is 0 Å². The van der Waals surface area contributed by atoms with E-state index in [2.05, 4.69) is 24.5 Å². The Morgan fingerprint density at radius 2 is 1.96 bits per heavy atom. The van der Waals surface area contributed by atoms with Crippen LogP contribution in [0.2, 0.25) is 0 Å². The molecule has 1 aromatic carbocycles. The van der Waals surface area contributed by atoms with E-state index in [4.69, 9.17) is 0 Å². The smallest absolute Gasteiger partial charge is 0.322 e. The van der Waals surface area contributed by atoms with Gasteiger partial charge in [0.2, 0.25) is 5.91 Å². The molecule has 0 bridgehead atoms. The molecule has 1 aliphatic heterocycles. The molecule has 5 heteroatoms. The Labute approximate surface area is 138 Å². The fourth-order valence-electron chi connectivity index (χ4n) is 3.15. The number of hydrogen-bond donors (Lipinski definition) is 2. The Bertz CT molecular complexity index is 586. The van der Waals surface area contributed by atoms with Crippen molar-refractivity contribution in [2.24, 2.45) is 0 Å². The Hall–Kier alpha value is -2.04. The molecule has 0 saturated carbocycles. The molecular formula is C18H27N3O2. The molecule has 1 aromatic rings. The summed E-state index contributed by atoms with van der Waals surface area (Å²) in [6.45, 7) is 7.97. The van der Waals surface area contributed by atoms with Crippen LogP contribution in [-0.4, -0.2) is 28.9 Å². The number of nitrogens with one attached hydrogen (secondary N) is 2. The fourth-order valence-corrected chi connectivity index (χ4v) is 3.15. The fraction of sp³-hybridized carbons (Fsp3) is 0.556. The van der Waals surface area contributed by atoms with Crippen molar-refractivity contribution in [2.75, 3.05) is 10.6 Å². The maximum Gasteiger partial charge on any atom is 0.322 e. The van der Waals surface area contributed by atoms with E-state index in [0.717, 1.165) is 36.2 Å². The highest BCUT2D eigenvalue weighted by molar-refractivity contribution is 5.93. The Morgan fingerprint density at radius 3 is 2.57 bits per heavy atom. The highest BCUT2D eigenvalue weighted by Crippen LogP contribution is 2.27. The van der Waals surface area contributed by atoms with E-state index in [1.165, 1.54) is 0 Å². The van der Waals surface area contributed by atoms with Crippen molar-refractivity contribution in [2.45, 2.75) is 65.5 Å². The third-order valence-electron chi connectivity index (χ3n) is 4.56. The molecule has 0 radical (unpaired) electrons. The van der Waals surface area contributed by atoms with Gasteiger partial charge >= 0.3 is 6.03 Å². The van der Waals surface area contributed by atoms with Crippen LogP contribution in [0.3, 0.4) is 0 Å². The number of amides is 3. The van der Waals surface area contributed by atoms with Crippen LogP contribution < -0.4 is 10.6 Å². The molecule has 126 valence electrons. The summed E-state index contributed by atoms with van der Waals surface area (Å²) in [6, 6.07) is 6.14. The number of benzene rings is 1. The van der Waals surface area contributed by atoms with Crippen molar-refractivity contribution < 1.29 is 9.59 Å². The SMILES string of the molecule is CCC(=O)Nc1ccc(NC(=O)N2[C@H](CC)CC[C@H]2C)cc1C. The molecule has 1 fully saturated rings. The summed E-state index contributed by atoms with van der Waals surface area (Å²) in [6.07, 6.45) is 3.57. The van der Waals surface area contributed by atoms with Gasteiger partial charge in [0.15, 0.2) is 0 Å². The summed E-state index contributed by atoms with van der Waals surface area (Å²) in [5, 5.41) is 5.84. The summed E-state index contributed by atoms with van der Waals surface area (Å²) >= 11 is 0. The van der Waals surface area contributed by atoms with Gasteiger partial charge in [-0.2, -0.15) is 0 Å². The zero-order valence-corrected chi connectivity index (χ0v) is 14.5. The lowest BCUT2D eigenvalue weighted by Gasteiger charge is -2.28. The highest BCUT2D eigenvalue weighted by Gasteiger charge is 2.33. The summed E-state index contributed by atoms with van der Waals surface area (Å²) < 4.78 is 0. The predicted molar refractivity (Wildman–Crippen MR) is 93.7 cm³/mol. The molecule has 2 rings (SSSR count). The van der Waals surface area contributed by atoms with Crippen LogP contribution in [0.15, 0.2) is 18.2 Å². The second-order valence-corrected chi connectivity index (χ2v) is 6.26. The number of aryl methyl sites for hydroxylation is 1. The van der Waals surface area contributed by atoms with E-state index in [0.29, 0.717) is 12.5 Å². The number of anilines is 2. The number of carbonyl (C=O) groups is 2. The Kier molecular flexibility index (Phi) is 5.64. The maximum absolute atomic E-state index is 12.6. The van der Waals surface area contributed by atoms with E-state index in [9.17, 15) is 9.59 Å². The highest BCUT2D eigenvalue weighted by atomic mass is 16.2.